The quantitative estimate of drug-likeness (QED) is 0.0274. The second kappa shape index (κ2) is 49.6. The molecule has 0 saturated carbocycles. The summed E-state index contributed by atoms with van der Waals surface area (Å²) in [4.78, 5) is 0. The Morgan fingerprint density at radius 3 is 0.725 bits per heavy atom. The summed E-state index contributed by atoms with van der Waals surface area (Å²) in [6.07, 6.45) is 59.9. The summed E-state index contributed by atoms with van der Waals surface area (Å²) in [6, 6.07) is 14.2. The van der Waals surface area contributed by atoms with E-state index in [1.165, 1.54) is 258 Å². The molecule has 0 bridgehead atoms. The van der Waals surface area contributed by atoms with E-state index < -0.39 is 0 Å². The van der Waals surface area contributed by atoms with Crippen LogP contribution < -0.4 is 0 Å². The number of unbranched alkanes of at least 4 members (excludes halogenated alkanes) is 32. The van der Waals surface area contributed by atoms with Crippen LogP contribution in [0.2, 0.25) is 0 Å². The SMILES string of the molecule is CCCCCCc1cc(CCCCCC)cc(C2=CC=C(c3cc(CCCCCC)cc(CCCCCC)c3)[N+]2=[N-])c1.[CH2-]CCCCCCCCCCCC.[CH2-]CCCCCCCCCCCC.[Ni+2]. The van der Waals surface area contributed by atoms with Gasteiger partial charge < -0.3 is 19.4 Å². The first-order chi connectivity index (χ1) is 33.4. The first-order valence-corrected chi connectivity index (χ1v) is 30.2. The monoisotopic (exact) mass is 993 g/mol. The smallest absolute Gasteiger partial charge is 0.493 e. The van der Waals surface area contributed by atoms with E-state index in [1.807, 2.05) is 0 Å². The van der Waals surface area contributed by atoms with Crippen LogP contribution in [0.25, 0.3) is 16.9 Å². The van der Waals surface area contributed by atoms with Crippen LogP contribution >= 0.6 is 0 Å². The van der Waals surface area contributed by atoms with Crippen molar-refractivity contribution in [1.82, 2.24) is 0 Å². The van der Waals surface area contributed by atoms with Crippen molar-refractivity contribution in [2.45, 2.75) is 311 Å². The molecule has 0 unspecified atom stereocenters. The predicted molar refractivity (Wildman–Crippen MR) is 307 cm³/mol. The van der Waals surface area contributed by atoms with Crippen molar-refractivity contribution in [2.75, 3.05) is 0 Å². The minimum atomic E-state index is 0. The normalized spacial score (nSPS) is 12.0. The molecule has 2 aromatic carbocycles. The number of hydrogen-bond acceptors (Lipinski definition) is 0. The molecule has 1 aliphatic heterocycles. The van der Waals surface area contributed by atoms with Crippen molar-refractivity contribution in [3.63, 3.8) is 0 Å². The van der Waals surface area contributed by atoms with Gasteiger partial charge in [0.05, 0.1) is 0 Å². The molecule has 2 nitrogen and oxygen atoms in total. The fraction of sp³-hybridized carbons (Fsp3) is 0.727. The maximum atomic E-state index is 11.6. The van der Waals surface area contributed by atoms with Crippen LogP contribution in [0, 0.1) is 13.8 Å². The first-order valence-electron chi connectivity index (χ1n) is 30.2. The molecule has 3 rings (SSSR count). The third-order valence-electron chi connectivity index (χ3n) is 14.0. The summed E-state index contributed by atoms with van der Waals surface area (Å²) in [5.74, 6) is 0. The van der Waals surface area contributed by atoms with Gasteiger partial charge in [0.25, 0.3) is 0 Å². The molecule has 0 radical (unpaired) electrons. The third kappa shape index (κ3) is 35.7. The summed E-state index contributed by atoms with van der Waals surface area (Å²) in [5.41, 5.74) is 21.4. The van der Waals surface area contributed by atoms with Gasteiger partial charge in [-0.2, -0.15) is 12.8 Å². The number of nitrogens with zero attached hydrogens (tertiary/aromatic N) is 2. The van der Waals surface area contributed by atoms with Gasteiger partial charge in [-0.05, 0) is 97.9 Å². The largest absolute Gasteiger partial charge is 2.00 e. The summed E-state index contributed by atoms with van der Waals surface area (Å²) < 4.78 is 1.47. The number of hydrogen-bond donors (Lipinski definition) is 0. The Morgan fingerprint density at radius 1 is 0.304 bits per heavy atom. The molecule has 0 N–H and O–H groups in total. The first kappa shape index (κ1) is 67.0. The molecule has 0 atom stereocenters. The van der Waals surface area contributed by atoms with Crippen molar-refractivity contribution >= 4 is 11.4 Å². The Hall–Kier alpha value is -1.99. The van der Waals surface area contributed by atoms with Gasteiger partial charge in [-0.15, -0.1) is 0 Å². The molecule has 69 heavy (non-hydrogen) atoms. The second-order valence-electron chi connectivity index (χ2n) is 20.8. The molecule has 2 aromatic rings. The molecule has 0 saturated heterocycles. The second-order valence-corrected chi connectivity index (χ2v) is 20.8. The zero-order chi connectivity index (χ0) is 49.6. The Kier molecular flexibility index (Phi) is 48.2. The Bertz CT molecular complexity index is 1330. The van der Waals surface area contributed by atoms with E-state index in [0.29, 0.717) is 0 Å². The van der Waals surface area contributed by atoms with Gasteiger partial charge in [0.2, 0.25) is 11.4 Å². The number of benzene rings is 2. The topological polar surface area (TPSA) is 25.3 Å². The summed E-state index contributed by atoms with van der Waals surface area (Å²) in [7, 11) is 0. The number of rotatable bonds is 42. The van der Waals surface area contributed by atoms with E-state index >= 15 is 0 Å². The molecule has 3 heteroatoms. The summed E-state index contributed by atoms with van der Waals surface area (Å²) in [5, 5.41) is 0. The molecular weight excluding hydrogens is 879 g/mol. The van der Waals surface area contributed by atoms with E-state index in [1.54, 1.807) is 0 Å². The van der Waals surface area contributed by atoms with Gasteiger partial charge in [-0.3, -0.25) is 0 Å². The molecule has 398 valence electrons. The Morgan fingerprint density at radius 2 is 0.507 bits per heavy atom. The van der Waals surface area contributed by atoms with E-state index in [2.05, 4.69) is 104 Å². The fourth-order valence-corrected chi connectivity index (χ4v) is 9.62. The van der Waals surface area contributed by atoms with Crippen LogP contribution in [0.4, 0.5) is 0 Å². The maximum absolute atomic E-state index is 11.6. The molecule has 1 heterocycles. The molecule has 1 aliphatic rings. The molecule has 0 spiro atoms. The standard InChI is InChI=1S/C40H60N2.2C13H27.Ni/c1-5-9-13-17-21-33-27-34(22-18-14-10-6-2)30-37(29-33)39-25-26-40(42(39)41)38-31-35(23-19-15-11-7-3)28-36(32-38)24-20-16-12-8-4;2*1-3-5-7-9-11-13-12-10-8-6-4-2;/h25-32H,5-24H2,1-4H3;2*1,3-13H2,2H3;/q;2*-1;+2. The van der Waals surface area contributed by atoms with Crippen molar-refractivity contribution in [1.29, 1.82) is 0 Å². The van der Waals surface area contributed by atoms with Crippen molar-refractivity contribution in [2.24, 2.45) is 0 Å². The fourth-order valence-electron chi connectivity index (χ4n) is 9.62. The minimum Gasteiger partial charge on any atom is -0.493 e. The van der Waals surface area contributed by atoms with E-state index in [-0.39, 0.29) is 16.5 Å². The summed E-state index contributed by atoms with van der Waals surface area (Å²) >= 11 is 0. The molecule has 0 fully saturated rings. The van der Waals surface area contributed by atoms with Gasteiger partial charge in [0, 0.05) is 23.3 Å². The van der Waals surface area contributed by atoms with E-state index in [0.717, 1.165) is 61.0 Å². The zero-order valence-corrected chi connectivity index (χ0v) is 47.9. The van der Waals surface area contributed by atoms with Crippen molar-refractivity contribution in [3.8, 4) is 0 Å². The van der Waals surface area contributed by atoms with Crippen LogP contribution in [0.3, 0.4) is 0 Å². The van der Waals surface area contributed by atoms with Gasteiger partial charge in [0.15, 0.2) is 0 Å². The van der Waals surface area contributed by atoms with Crippen molar-refractivity contribution < 1.29 is 21.2 Å². The van der Waals surface area contributed by atoms with Crippen LogP contribution in [0.15, 0.2) is 48.6 Å². The maximum Gasteiger partial charge on any atom is 2.00 e. The molecule has 0 aliphatic carbocycles. The van der Waals surface area contributed by atoms with Crippen LogP contribution in [0.1, 0.15) is 319 Å². The zero-order valence-electron chi connectivity index (χ0n) is 46.9. The predicted octanol–water partition coefficient (Wildman–Crippen LogP) is 22.9. The van der Waals surface area contributed by atoms with E-state index in [4.69, 9.17) is 0 Å². The molecular formula is C66H114N2Ni. The van der Waals surface area contributed by atoms with Crippen LogP contribution in [0.5, 0.6) is 0 Å². The third-order valence-corrected chi connectivity index (χ3v) is 14.0. The molecule has 0 aromatic heterocycles. The minimum absolute atomic E-state index is 0. The van der Waals surface area contributed by atoms with Gasteiger partial charge in [-0.1, -0.05) is 259 Å². The summed E-state index contributed by atoms with van der Waals surface area (Å²) in [6.45, 7) is 21.4. The van der Waals surface area contributed by atoms with Crippen molar-refractivity contribution in [3.05, 3.63) is 101 Å². The van der Waals surface area contributed by atoms with Crippen LogP contribution in [-0.4, -0.2) is 4.70 Å². The average Bonchev–Trinajstić information content (AvgIpc) is 3.75. The van der Waals surface area contributed by atoms with E-state index in [9.17, 15) is 5.53 Å². The van der Waals surface area contributed by atoms with Crippen LogP contribution in [-0.2, 0) is 42.2 Å². The van der Waals surface area contributed by atoms with Gasteiger partial charge in [0.1, 0.15) is 0 Å². The van der Waals surface area contributed by atoms with Gasteiger partial charge >= 0.3 is 16.5 Å². The number of aryl methyl sites for hydroxylation is 4. The Labute approximate surface area is 442 Å². The average molecular weight is 994 g/mol. The van der Waals surface area contributed by atoms with Gasteiger partial charge in [-0.25, -0.2) is 4.70 Å². The Balaban J connectivity index is 0.00000140. The number of allylic oxidation sites excluding steroid dienone is 2. The molecule has 0 amide bonds.